The second-order valence-electron chi connectivity index (χ2n) is 4.35. The Kier molecular flexibility index (Phi) is 4.24. The Labute approximate surface area is 116 Å². The van der Waals surface area contributed by atoms with Crippen molar-refractivity contribution in [3.63, 3.8) is 0 Å². The third kappa shape index (κ3) is 2.52. The van der Waals surface area contributed by atoms with Gasteiger partial charge in [-0.1, -0.05) is 6.92 Å². The van der Waals surface area contributed by atoms with Crippen molar-refractivity contribution in [1.82, 2.24) is 14.3 Å². The molecule has 0 aliphatic carbocycles. The molecule has 0 amide bonds. The van der Waals surface area contributed by atoms with Crippen LogP contribution in [-0.2, 0) is 26.4 Å². The Bertz CT molecular complexity index is 527. The van der Waals surface area contributed by atoms with Gasteiger partial charge in [-0.3, -0.25) is 4.68 Å². The largest absolute Gasteiger partial charge is 0.345 e. The highest BCUT2D eigenvalue weighted by Crippen LogP contribution is 2.23. The van der Waals surface area contributed by atoms with E-state index >= 15 is 0 Å². The minimum atomic E-state index is 0.677. The smallest absolute Gasteiger partial charge is 0.0767 e. The predicted molar refractivity (Wildman–Crippen MR) is 76.6 cm³/mol. The number of halogens is 1. The highest BCUT2D eigenvalue weighted by molar-refractivity contribution is 9.10. The molecule has 0 fully saturated rings. The maximum absolute atomic E-state index is 5.63. The summed E-state index contributed by atoms with van der Waals surface area (Å²) in [5.74, 6) is 0. The fraction of sp³-hybridized carbons (Fsp3) is 0.462. The molecular formula is C13H19BrN4. The predicted octanol–water partition coefficient (Wildman–Crippen LogP) is 2.10. The summed E-state index contributed by atoms with van der Waals surface area (Å²) in [7, 11) is 1.99. The van der Waals surface area contributed by atoms with Gasteiger partial charge in [-0.2, -0.15) is 5.10 Å². The monoisotopic (exact) mass is 310 g/mol. The van der Waals surface area contributed by atoms with Crippen LogP contribution in [0.15, 0.2) is 22.8 Å². The van der Waals surface area contributed by atoms with Crippen LogP contribution in [0.2, 0.25) is 0 Å². The summed E-state index contributed by atoms with van der Waals surface area (Å²) in [6, 6.07) is 4.19. The lowest BCUT2D eigenvalue weighted by Gasteiger charge is -2.09. The van der Waals surface area contributed by atoms with Crippen LogP contribution in [0.4, 0.5) is 0 Å². The molecule has 0 spiro atoms. The zero-order valence-corrected chi connectivity index (χ0v) is 12.4. The lowest BCUT2D eigenvalue weighted by atomic mass is 10.3. The molecule has 0 unspecified atom stereocenters. The van der Waals surface area contributed by atoms with E-state index in [2.05, 4.69) is 50.8 Å². The van der Waals surface area contributed by atoms with Gasteiger partial charge in [0.25, 0.3) is 0 Å². The summed E-state index contributed by atoms with van der Waals surface area (Å²) >= 11 is 3.65. The molecule has 4 nitrogen and oxygen atoms in total. The first-order chi connectivity index (χ1) is 8.67. The number of nitrogens with zero attached hydrogens (tertiary/aromatic N) is 3. The van der Waals surface area contributed by atoms with Crippen molar-refractivity contribution in [2.75, 3.05) is 6.54 Å². The minimum absolute atomic E-state index is 0.677. The Morgan fingerprint density at radius 3 is 2.83 bits per heavy atom. The van der Waals surface area contributed by atoms with Crippen molar-refractivity contribution in [1.29, 1.82) is 0 Å². The molecule has 0 saturated heterocycles. The topological polar surface area (TPSA) is 48.8 Å². The highest BCUT2D eigenvalue weighted by Gasteiger charge is 2.13. The van der Waals surface area contributed by atoms with Gasteiger partial charge in [0.2, 0.25) is 0 Å². The summed E-state index contributed by atoms with van der Waals surface area (Å²) in [6.45, 7) is 3.62. The van der Waals surface area contributed by atoms with E-state index in [0.29, 0.717) is 6.54 Å². The molecule has 2 aromatic rings. The number of aryl methyl sites for hydroxylation is 2. The van der Waals surface area contributed by atoms with E-state index in [1.165, 1.54) is 11.4 Å². The van der Waals surface area contributed by atoms with E-state index in [4.69, 9.17) is 5.73 Å². The number of hydrogen-bond acceptors (Lipinski definition) is 2. The van der Waals surface area contributed by atoms with Gasteiger partial charge in [0.15, 0.2) is 0 Å². The number of rotatable bonds is 5. The highest BCUT2D eigenvalue weighted by atomic mass is 79.9. The quantitative estimate of drug-likeness (QED) is 0.919. The normalized spacial score (nSPS) is 11.1. The molecule has 0 aromatic carbocycles. The number of hydrogen-bond donors (Lipinski definition) is 1. The lowest BCUT2D eigenvalue weighted by molar-refractivity contribution is 0.644. The van der Waals surface area contributed by atoms with Crippen molar-refractivity contribution < 1.29 is 0 Å². The van der Waals surface area contributed by atoms with E-state index in [9.17, 15) is 0 Å². The molecular weight excluding hydrogens is 292 g/mol. The van der Waals surface area contributed by atoms with Crippen LogP contribution in [0.1, 0.15) is 24.0 Å². The van der Waals surface area contributed by atoms with Crippen molar-refractivity contribution in [3.05, 3.63) is 39.9 Å². The summed E-state index contributed by atoms with van der Waals surface area (Å²) in [6.07, 6.45) is 3.94. The van der Waals surface area contributed by atoms with E-state index < -0.39 is 0 Å². The zero-order chi connectivity index (χ0) is 13.1. The van der Waals surface area contributed by atoms with Crippen molar-refractivity contribution in [3.8, 4) is 0 Å². The van der Waals surface area contributed by atoms with Crippen LogP contribution >= 0.6 is 15.9 Å². The van der Waals surface area contributed by atoms with Gasteiger partial charge in [-0.15, -0.1) is 0 Å². The average Bonchev–Trinajstić information content (AvgIpc) is 2.89. The lowest BCUT2D eigenvalue weighted by Crippen LogP contribution is -2.11. The Morgan fingerprint density at radius 1 is 1.44 bits per heavy atom. The van der Waals surface area contributed by atoms with Crippen LogP contribution < -0.4 is 5.73 Å². The molecule has 2 heterocycles. The molecule has 0 aliphatic heterocycles. The third-order valence-corrected chi connectivity index (χ3v) is 4.06. The molecule has 0 saturated carbocycles. The molecule has 98 valence electrons. The van der Waals surface area contributed by atoms with Crippen LogP contribution in [-0.4, -0.2) is 20.9 Å². The second-order valence-corrected chi connectivity index (χ2v) is 5.14. The first kappa shape index (κ1) is 13.4. The SMILES string of the molecule is CCc1nn(C)c(Cn2cccc2CCN)c1Br. The van der Waals surface area contributed by atoms with Gasteiger partial charge >= 0.3 is 0 Å². The Balaban J connectivity index is 2.28. The number of aromatic nitrogens is 3. The van der Waals surface area contributed by atoms with Crippen molar-refractivity contribution in [2.24, 2.45) is 12.8 Å². The molecule has 2 rings (SSSR count). The molecule has 0 aliphatic rings. The molecule has 2 N–H and O–H groups in total. The standard InChI is InChI=1S/C13H19BrN4/c1-3-11-13(14)12(17(2)16-11)9-18-8-4-5-10(18)6-7-15/h4-5,8H,3,6-7,9,15H2,1-2H3. The van der Waals surface area contributed by atoms with E-state index in [1.54, 1.807) is 0 Å². The van der Waals surface area contributed by atoms with Gasteiger partial charge in [0, 0.05) is 18.9 Å². The summed E-state index contributed by atoms with van der Waals surface area (Å²) in [4.78, 5) is 0. The zero-order valence-electron chi connectivity index (χ0n) is 10.9. The summed E-state index contributed by atoms with van der Waals surface area (Å²) < 4.78 is 5.31. The van der Waals surface area contributed by atoms with Gasteiger partial charge in [-0.05, 0) is 47.4 Å². The molecule has 0 radical (unpaired) electrons. The van der Waals surface area contributed by atoms with E-state index in [1.807, 2.05) is 11.7 Å². The van der Waals surface area contributed by atoms with E-state index in [0.717, 1.165) is 29.6 Å². The van der Waals surface area contributed by atoms with Crippen LogP contribution in [0.5, 0.6) is 0 Å². The third-order valence-electron chi connectivity index (χ3n) is 3.15. The maximum Gasteiger partial charge on any atom is 0.0767 e. The molecule has 2 aromatic heterocycles. The molecule has 0 atom stereocenters. The van der Waals surface area contributed by atoms with Gasteiger partial charge in [0.1, 0.15) is 0 Å². The van der Waals surface area contributed by atoms with Crippen LogP contribution in [0.3, 0.4) is 0 Å². The fourth-order valence-electron chi connectivity index (χ4n) is 2.13. The molecule has 5 heteroatoms. The number of nitrogens with two attached hydrogens (primary N) is 1. The first-order valence-electron chi connectivity index (χ1n) is 6.21. The van der Waals surface area contributed by atoms with Gasteiger partial charge < -0.3 is 10.3 Å². The molecule has 0 bridgehead atoms. The summed E-state index contributed by atoms with van der Waals surface area (Å²) in [5.41, 5.74) is 9.20. The Hall–Kier alpha value is -1.07. The van der Waals surface area contributed by atoms with Crippen LogP contribution in [0.25, 0.3) is 0 Å². The Morgan fingerprint density at radius 2 is 2.22 bits per heavy atom. The van der Waals surface area contributed by atoms with E-state index in [-0.39, 0.29) is 0 Å². The first-order valence-corrected chi connectivity index (χ1v) is 7.01. The minimum Gasteiger partial charge on any atom is -0.345 e. The van der Waals surface area contributed by atoms with Gasteiger partial charge in [-0.25, -0.2) is 0 Å². The fourth-order valence-corrected chi connectivity index (χ4v) is 2.87. The summed E-state index contributed by atoms with van der Waals surface area (Å²) in [5, 5.41) is 4.52. The molecule has 18 heavy (non-hydrogen) atoms. The van der Waals surface area contributed by atoms with Gasteiger partial charge in [0.05, 0.1) is 22.4 Å². The maximum atomic E-state index is 5.63. The van der Waals surface area contributed by atoms with Crippen molar-refractivity contribution >= 4 is 15.9 Å². The van der Waals surface area contributed by atoms with Crippen LogP contribution in [0, 0.1) is 0 Å². The second kappa shape index (κ2) is 5.71. The average molecular weight is 311 g/mol. The van der Waals surface area contributed by atoms with Crippen molar-refractivity contribution in [2.45, 2.75) is 26.3 Å².